The number of allylic oxidation sites excluding steroid dienone is 4. The van der Waals surface area contributed by atoms with Crippen LogP contribution in [0, 0.1) is 28.6 Å². The average Bonchev–Trinajstić information content (AvgIpc) is 2.95. The number of halogens is 3. The van der Waals surface area contributed by atoms with Gasteiger partial charge in [0.15, 0.2) is 17.1 Å². The highest BCUT2D eigenvalue weighted by Crippen LogP contribution is 2.72. The van der Waals surface area contributed by atoms with Crippen LogP contribution in [-0.2, 0) is 19.1 Å². The van der Waals surface area contributed by atoms with Gasteiger partial charge in [-0.3, -0.25) is 14.4 Å². The fourth-order valence-corrected chi connectivity index (χ4v) is 8.17. The second-order valence-electron chi connectivity index (χ2n) is 10.5. The molecule has 0 heterocycles. The monoisotopic (exact) mass is 486 g/mol. The van der Waals surface area contributed by atoms with Crippen molar-refractivity contribution >= 4 is 29.1 Å². The van der Waals surface area contributed by atoms with Crippen LogP contribution in [0.15, 0.2) is 23.8 Å². The van der Waals surface area contributed by atoms with Crippen LogP contribution in [0.3, 0.4) is 0 Å². The normalized spacial score (nSPS) is 50.7. The van der Waals surface area contributed by atoms with Gasteiger partial charge >= 0.3 is 5.97 Å². The average molecular weight is 487 g/mol. The van der Waals surface area contributed by atoms with E-state index in [2.05, 4.69) is 0 Å². The lowest BCUT2D eigenvalue weighted by Gasteiger charge is -2.64. The standard InChI is InChI=1S/C24H29ClF2O6/c1-11-7-14-18-19(25)20(26)15-8-13(30)5-6-21(15,3)23(18,27)16(31)9-22(14,4)24(11,17(32)10-28)33-12(2)29/h5-6,8,11,14,16,18-20,28,31H,7,9-10H2,1-4H3/t11?,14-,16?,18+,19?,20?,21-,22-,23+,24-/m0/s1. The summed E-state index contributed by atoms with van der Waals surface area (Å²) in [6.45, 7) is 4.96. The van der Waals surface area contributed by atoms with Gasteiger partial charge in [-0.1, -0.05) is 19.9 Å². The Balaban J connectivity index is 1.94. The number of ether oxygens (including phenoxy) is 1. The summed E-state index contributed by atoms with van der Waals surface area (Å²) in [6.07, 6.45) is -0.161. The summed E-state index contributed by atoms with van der Waals surface area (Å²) in [5.41, 5.74) is -7.31. The van der Waals surface area contributed by atoms with E-state index in [0.29, 0.717) is 0 Å². The molecule has 4 unspecified atom stereocenters. The van der Waals surface area contributed by atoms with Gasteiger partial charge in [-0.2, -0.15) is 0 Å². The van der Waals surface area contributed by atoms with Crippen LogP contribution in [0.2, 0.25) is 0 Å². The van der Waals surface area contributed by atoms with Crippen molar-refractivity contribution < 1.29 is 38.1 Å². The van der Waals surface area contributed by atoms with Gasteiger partial charge in [0.05, 0.1) is 11.5 Å². The summed E-state index contributed by atoms with van der Waals surface area (Å²) < 4.78 is 38.6. The molecule has 4 aliphatic carbocycles. The molecule has 182 valence electrons. The first-order chi connectivity index (χ1) is 15.2. The van der Waals surface area contributed by atoms with Gasteiger partial charge in [-0.15, -0.1) is 11.6 Å². The maximum absolute atomic E-state index is 17.3. The van der Waals surface area contributed by atoms with E-state index in [1.54, 1.807) is 13.8 Å². The first-order valence-corrected chi connectivity index (χ1v) is 11.6. The van der Waals surface area contributed by atoms with E-state index in [0.717, 1.165) is 13.0 Å². The van der Waals surface area contributed by atoms with E-state index < -0.39 is 81.6 Å². The SMILES string of the molecule is CC(=O)O[C@]1(C(=O)CO)C(C)C[C@H]2[C@@H]3C(Cl)C(F)C4=CC(=O)C=C[C@]4(C)[C@@]3(F)C(O)C[C@@]21C. The quantitative estimate of drug-likeness (QED) is 0.470. The van der Waals surface area contributed by atoms with Gasteiger partial charge in [0, 0.05) is 29.6 Å². The van der Waals surface area contributed by atoms with Gasteiger partial charge in [0.1, 0.15) is 12.8 Å². The lowest BCUT2D eigenvalue weighted by atomic mass is 9.44. The predicted octanol–water partition coefficient (Wildman–Crippen LogP) is 2.63. The highest BCUT2D eigenvalue weighted by atomic mass is 35.5. The highest BCUT2D eigenvalue weighted by molar-refractivity contribution is 6.22. The van der Waals surface area contributed by atoms with Crippen molar-refractivity contribution in [1.29, 1.82) is 0 Å². The zero-order valence-electron chi connectivity index (χ0n) is 19.0. The minimum absolute atomic E-state index is 0.111. The van der Waals surface area contributed by atoms with Crippen molar-refractivity contribution in [3.8, 4) is 0 Å². The Morgan fingerprint density at radius 2 is 1.97 bits per heavy atom. The van der Waals surface area contributed by atoms with Crippen molar-refractivity contribution in [1.82, 2.24) is 0 Å². The Kier molecular flexibility index (Phi) is 5.51. The van der Waals surface area contributed by atoms with Crippen molar-refractivity contribution in [2.45, 2.75) is 69.5 Å². The molecule has 4 aliphatic rings. The van der Waals surface area contributed by atoms with Gasteiger partial charge in [-0.05, 0) is 43.4 Å². The molecule has 9 heteroatoms. The summed E-state index contributed by atoms with van der Waals surface area (Å²) in [6, 6.07) is 0. The number of fused-ring (bicyclic) bond motifs is 5. The van der Waals surface area contributed by atoms with E-state index in [1.807, 2.05) is 0 Å². The molecule has 0 aromatic rings. The first kappa shape index (κ1) is 24.5. The number of aliphatic hydroxyl groups excluding tert-OH is 2. The van der Waals surface area contributed by atoms with Crippen molar-refractivity contribution in [2.24, 2.45) is 28.6 Å². The minimum atomic E-state index is -2.44. The van der Waals surface area contributed by atoms with Crippen LogP contribution < -0.4 is 0 Å². The van der Waals surface area contributed by atoms with Crippen LogP contribution in [0.25, 0.3) is 0 Å². The maximum Gasteiger partial charge on any atom is 0.303 e. The molecular formula is C24H29ClF2O6. The summed E-state index contributed by atoms with van der Waals surface area (Å²) >= 11 is 6.57. The number of aliphatic hydroxyl groups is 2. The Bertz CT molecular complexity index is 982. The molecule has 3 fully saturated rings. The number of carbonyl (C=O) groups is 3. The lowest BCUT2D eigenvalue weighted by molar-refractivity contribution is -0.230. The smallest absolute Gasteiger partial charge is 0.303 e. The molecule has 0 aromatic carbocycles. The van der Waals surface area contributed by atoms with Crippen LogP contribution in [0.1, 0.15) is 40.5 Å². The van der Waals surface area contributed by atoms with Crippen LogP contribution >= 0.6 is 11.6 Å². The highest BCUT2D eigenvalue weighted by Gasteiger charge is 2.79. The zero-order chi connectivity index (χ0) is 24.7. The van der Waals surface area contributed by atoms with E-state index in [-0.39, 0.29) is 18.4 Å². The number of Topliss-reactive ketones (excluding diaryl/α,β-unsaturated/α-hetero) is 1. The molecule has 0 aromatic heterocycles. The largest absolute Gasteiger partial charge is 0.450 e. The van der Waals surface area contributed by atoms with Crippen molar-refractivity contribution in [2.75, 3.05) is 6.61 Å². The summed E-state index contributed by atoms with van der Waals surface area (Å²) in [5, 5.41) is 19.7. The molecule has 10 atom stereocenters. The molecule has 2 N–H and O–H groups in total. The molecule has 0 amide bonds. The molecule has 33 heavy (non-hydrogen) atoms. The van der Waals surface area contributed by atoms with Gasteiger partial charge in [-0.25, -0.2) is 8.78 Å². The molecule has 0 radical (unpaired) electrons. The van der Waals surface area contributed by atoms with Gasteiger partial charge in [0.2, 0.25) is 5.78 Å². The summed E-state index contributed by atoms with van der Waals surface area (Å²) in [4.78, 5) is 37.1. The Hall–Kier alpha value is -1.64. The lowest BCUT2D eigenvalue weighted by Crippen LogP contribution is -2.73. The number of esters is 1. The third kappa shape index (κ3) is 2.74. The Morgan fingerprint density at radius 1 is 1.33 bits per heavy atom. The second kappa shape index (κ2) is 7.43. The summed E-state index contributed by atoms with van der Waals surface area (Å²) in [5.74, 6) is -4.63. The Labute approximate surface area is 196 Å². The number of ketones is 2. The number of rotatable bonds is 3. The fraction of sp³-hybridized carbons (Fsp3) is 0.708. The summed E-state index contributed by atoms with van der Waals surface area (Å²) in [7, 11) is 0. The van der Waals surface area contributed by atoms with Crippen molar-refractivity contribution in [3.05, 3.63) is 23.8 Å². The van der Waals surface area contributed by atoms with Gasteiger partial charge < -0.3 is 14.9 Å². The maximum atomic E-state index is 17.3. The zero-order valence-corrected chi connectivity index (χ0v) is 19.7. The number of hydrogen-bond donors (Lipinski definition) is 2. The van der Waals surface area contributed by atoms with Gasteiger partial charge in [0.25, 0.3) is 0 Å². The van der Waals surface area contributed by atoms with E-state index in [1.165, 1.54) is 19.1 Å². The first-order valence-electron chi connectivity index (χ1n) is 11.2. The topological polar surface area (TPSA) is 101 Å². The predicted molar refractivity (Wildman–Crippen MR) is 115 cm³/mol. The minimum Gasteiger partial charge on any atom is -0.450 e. The molecule has 4 rings (SSSR count). The third-order valence-corrected chi connectivity index (χ3v) is 9.54. The fourth-order valence-electron chi connectivity index (χ4n) is 7.68. The molecule has 3 saturated carbocycles. The number of hydrogen-bond acceptors (Lipinski definition) is 6. The van der Waals surface area contributed by atoms with E-state index >= 15 is 8.78 Å². The van der Waals surface area contributed by atoms with Crippen LogP contribution in [0.4, 0.5) is 8.78 Å². The molecular weight excluding hydrogens is 458 g/mol. The molecule has 0 bridgehead atoms. The number of alkyl halides is 3. The molecule has 0 saturated heterocycles. The van der Waals surface area contributed by atoms with Crippen molar-refractivity contribution in [3.63, 3.8) is 0 Å². The Morgan fingerprint density at radius 3 is 2.55 bits per heavy atom. The molecule has 6 nitrogen and oxygen atoms in total. The molecule has 0 aliphatic heterocycles. The van der Waals surface area contributed by atoms with Crippen LogP contribution in [0.5, 0.6) is 0 Å². The van der Waals surface area contributed by atoms with E-state index in [4.69, 9.17) is 16.3 Å². The second-order valence-corrected chi connectivity index (χ2v) is 11.0. The molecule has 0 spiro atoms. The van der Waals surface area contributed by atoms with E-state index in [9.17, 15) is 24.6 Å². The number of carbonyl (C=O) groups excluding carboxylic acids is 3. The van der Waals surface area contributed by atoms with Crippen LogP contribution in [-0.4, -0.2) is 63.3 Å². The third-order valence-electron chi connectivity index (χ3n) is 9.05.